The molecule has 1 atom stereocenters. The minimum absolute atomic E-state index is 0.00116. The third-order valence-corrected chi connectivity index (χ3v) is 6.11. The van der Waals surface area contributed by atoms with Crippen molar-refractivity contribution in [2.24, 2.45) is 5.92 Å². The molecule has 0 amide bonds. The predicted molar refractivity (Wildman–Crippen MR) is 117 cm³/mol. The number of hydrogen-bond donors (Lipinski definition) is 0. The molecular formula is C21H34N8O. The molecule has 0 aromatic carbocycles. The van der Waals surface area contributed by atoms with Crippen LogP contribution in [0.25, 0.3) is 0 Å². The van der Waals surface area contributed by atoms with Crippen molar-refractivity contribution in [2.45, 2.75) is 45.8 Å². The zero-order chi connectivity index (χ0) is 21.1. The zero-order valence-corrected chi connectivity index (χ0v) is 18.4. The molecule has 4 heterocycles. The SMILES string of the molecule is CC(C)Cn1ncnc1CN1CCC[C@H](n2ncc(N3CCN(C)CC3)cc2=O)C1. The molecule has 0 aliphatic carbocycles. The van der Waals surface area contributed by atoms with Crippen LogP contribution in [-0.2, 0) is 13.1 Å². The van der Waals surface area contributed by atoms with E-state index in [2.05, 4.69) is 50.8 Å². The largest absolute Gasteiger partial charge is 0.368 e. The lowest BCUT2D eigenvalue weighted by molar-refractivity contribution is 0.154. The molecule has 2 saturated heterocycles. The Hall–Kier alpha value is -2.26. The fourth-order valence-corrected chi connectivity index (χ4v) is 4.40. The summed E-state index contributed by atoms with van der Waals surface area (Å²) in [7, 11) is 2.13. The van der Waals surface area contributed by atoms with Crippen LogP contribution in [0.4, 0.5) is 5.69 Å². The number of likely N-dealkylation sites (tertiary alicyclic amines) is 1. The Bertz CT molecular complexity index is 883. The Morgan fingerprint density at radius 1 is 1.13 bits per heavy atom. The van der Waals surface area contributed by atoms with Gasteiger partial charge in [0.05, 0.1) is 24.5 Å². The van der Waals surface area contributed by atoms with Gasteiger partial charge in [0, 0.05) is 45.3 Å². The number of nitrogens with zero attached hydrogens (tertiary/aromatic N) is 8. The Morgan fingerprint density at radius 2 is 1.93 bits per heavy atom. The second-order valence-electron chi connectivity index (χ2n) is 9.07. The van der Waals surface area contributed by atoms with E-state index in [0.717, 1.165) is 76.7 Å². The van der Waals surface area contributed by atoms with E-state index in [1.54, 1.807) is 17.1 Å². The molecule has 164 valence electrons. The summed E-state index contributed by atoms with van der Waals surface area (Å²) in [6, 6.07) is 1.87. The molecule has 9 heteroatoms. The highest BCUT2D eigenvalue weighted by Gasteiger charge is 2.25. The fraction of sp³-hybridized carbons (Fsp3) is 0.714. The lowest BCUT2D eigenvalue weighted by Gasteiger charge is -2.34. The van der Waals surface area contributed by atoms with Crippen LogP contribution in [0.5, 0.6) is 0 Å². The van der Waals surface area contributed by atoms with Gasteiger partial charge in [-0.25, -0.2) is 14.3 Å². The molecule has 2 aromatic rings. The van der Waals surface area contributed by atoms with Gasteiger partial charge in [0.2, 0.25) is 0 Å². The molecular weight excluding hydrogens is 380 g/mol. The van der Waals surface area contributed by atoms with E-state index in [-0.39, 0.29) is 11.6 Å². The van der Waals surface area contributed by atoms with E-state index in [4.69, 9.17) is 0 Å². The first-order valence-electron chi connectivity index (χ1n) is 11.1. The molecule has 9 nitrogen and oxygen atoms in total. The molecule has 2 fully saturated rings. The van der Waals surface area contributed by atoms with Crippen LogP contribution in [0.1, 0.15) is 38.6 Å². The van der Waals surface area contributed by atoms with Crippen molar-refractivity contribution >= 4 is 5.69 Å². The number of piperazine rings is 1. The normalized spacial score (nSPS) is 21.5. The molecule has 2 aliphatic rings. The molecule has 2 aliphatic heterocycles. The van der Waals surface area contributed by atoms with Crippen LogP contribution in [0.2, 0.25) is 0 Å². The quantitative estimate of drug-likeness (QED) is 0.700. The number of aromatic nitrogens is 5. The van der Waals surface area contributed by atoms with Gasteiger partial charge in [0.25, 0.3) is 5.56 Å². The highest BCUT2D eigenvalue weighted by atomic mass is 16.1. The third kappa shape index (κ3) is 4.89. The van der Waals surface area contributed by atoms with E-state index >= 15 is 0 Å². The van der Waals surface area contributed by atoms with Gasteiger partial charge in [-0.15, -0.1) is 0 Å². The highest BCUT2D eigenvalue weighted by Crippen LogP contribution is 2.22. The molecule has 0 radical (unpaired) electrons. The van der Waals surface area contributed by atoms with Crippen LogP contribution in [0, 0.1) is 5.92 Å². The highest BCUT2D eigenvalue weighted by molar-refractivity contribution is 5.43. The average molecular weight is 415 g/mol. The van der Waals surface area contributed by atoms with Gasteiger partial charge in [-0.1, -0.05) is 13.8 Å². The van der Waals surface area contributed by atoms with E-state index in [9.17, 15) is 4.79 Å². The molecule has 30 heavy (non-hydrogen) atoms. The summed E-state index contributed by atoms with van der Waals surface area (Å²) in [6.45, 7) is 11.8. The van der Waals surface area contributed by atoms with Crippen molar-refractivity contribution in [3.63, 3.8) is 0 Å². The van der Waals surface area contributed by atoms with Crippen molar-refractivity contribution in [1.29, 1.82) is 0 Å². The standard InChI is InChI=1S/C21H34N8O/c1-17(2)13-28-20(22-16-24-28)15-26-6-4-5-18(14-26)29-21(30)11-19(12-23-29)27-9-7-25(3)8-10-27/h11-12,16-18H,4-10,13-15H2,1-3H3/t18-/m0/s1. The van der Waals surface area contributed by atoms with Crippen molar-refractivity contribution in [3.05, 3.63) is 34.8 Å². The zero-order valence-electron chi connectivity index (χ0n) is 18.4. The molecule has 0 saturated carbocycles. The van der Waals surface area contributed by atoms with Gasteiger partial charge in [-0.05, 0) is 32.4 Å². The first-order chi connectivity index (χ1) is 14.5. The van der Waals surface area contributed by atoms with Crippen LogP contribution >= 0.6 is 0 Å². The van der Waals surface area contributed by atoms with E-state index in [1.807, 2.05) is 10.9 Å². The maximum absolute atomic E-state index is 12.9. The Morgan fingerprint density at radius 3 is 2.67 bits per heavy atom. The number of piperidine rings is 1. The van der Waals surface area contributed by atoms with Gasteiger partial charge in [-0.2, -0.15) is 10.2 Å². The maximum Gasteiger partial charge on any atom is 0.269 e. The Kier molecular flexibility index (Phi) is 6.48. The van der Waals surface area contributed by atoms with Crippen molar-refractivity contribution in [1.82, 2.24) is 34.3 Å². The van der Waals surface area contributed by atoms with E-state index in [0.29, 0.717) is 5.92 Å². The van der Waals surface area contributed by atoms with Crippen LogP contribution < -0.4 is 10.5 Å². The summed E-state index contributed by atoms with van der Waals surface area (Å²) in [4.78, 5) is 24.3. The average Bonchev–Trinajstić information content (AvgIpc) is 3.14. The van der Waals surface area contributed by atoms with Crippen molar-refractivity contribution < 1.29 is 0 Å². The summed E-state index contributed by atoms with van der Waals surface area (Å²) in [6.07, 6.45) is 5.54. The lowest BCUT2D eigenvalue weighted by atomic mass is 10.1. The smallest absolute Gasteiger partial charge is 0.269 e. The lowest BCUT2D eigenvalue weighted by Crippen LogP contribution is -2.45. The number of hydrogen-bond acceptors (Lipinski definition) is 7. The number of anilines is 1. The summed E-state index contributed by atoms with van der Waals surface area (Å²) in [5.41, 5.74) is 0.944. The topological polar surface area (TPSA) is 75.3 Å². The van der Waals surface area contributed by atoms with Crippen LogP contribution in [0.15, 0.2) is 23.4 Å². The van der Waals surface area contributed by atoms with E-state index in [1.165, 1.54) is 0 Å². The minimum atomic E-state index is 0.00116. The van der Waals surface area contributed by atoms with Crippen LogP contribution in [-0.4, -0.2) is 80.7 Å². The molecule has 2 aromatic heterocycles. The van der Waals surface area contributed by atoms with Gasteiger partial charge < -0.3 is 9.80 Å². The number of likely N-dealkylation sites (N-methyl/N-ethyl adjacent to an activating group) is 1. The summed E-state index contributed by atoms with van der Waals surface area (Å²) < 4.78 is 3.69. The maximum atomic E-state index is 12.9. The molecule has 0 spiro atoms. The summed E-state index contributed by atoms with van der Waals surface area (Å²) in [5.74, 6) is 1.52. The van der Waals surface area contributed by atoms with Gasteiger partial charge in [-0.3, -0.25) is 9.69 Å². The molecule has 0 bridgehead atoms. The number of rotatable bonds is 6. The molecule has 4 rings (SSSR count). The second kappa shape index (κ2) is 9.26. The first-order valence-corrected chi connectivity index (χ1v) is 11.1. The summed E-state index contributed by atoms with van der Waals surface area (Å²) in [5, 5.41) is 8.95. The Labute approximate surface area is 178 Å². The molecule has 0 N–H and O–H groups in total. The minimum Gasteiger partial charge on any atom is -0.368 e. The molecule has 0 unspecified atom stereocenters. The predicted octanol–water partition coefficient (Wildman–Crippen LogP) is 1.08. The van der Waals surface area contributed by atoms with Crippen LogP contribution in [0.3, 0.4) is 0 Å². The second-order valence-corrected chi connectivity index (χ2v) is 9.07. The Balaban J connectivity index is 1.42. The van der Waals surface area contributed by atoms with Gasteiger partial charge in [0.15, 0.2) is 0 Å². The van der Waals surface area contributed by atoms with Gasteiger partial charge in [0.1, 0.15) is 12.2 Å². The van der Waals surface area contributed by atoms with Crippen molar-refractivity contribution in [2.75, 3.05) is 51.2 Å². The fourth-order valence-electron chi connectivity index (χ4n) is 4.40. The summed E-state index contributed by atoms with van der Waals surface area (Å²) >= 11 is 0. The van der Waals surface area contributed by atoms with Gasteiger partial charge >= 0.3 is 0 Å². The van der Waals surface area contributed by atoms with E-state index < -0.39 is 0 Å². The third-order valence-electron chi connectivity index (χ3n) is 6.11. The monoisotopic (exact) mass is 414 g/mol. The first kappa shape index (κ1) is 21.0. The van der Waals surface area contributed by atoms with Crippen molar-refractivity contribution in [3.8, 4) is 0 Å².